The fourth-order valence-electron chi connectivity index (χ4n) is 2.68. The highest BCUT2D eigenvalue weighted by Crippen LogP contribution is 2.19. The predicted molar refractivity (Wildman–Crippen MR) is 88.5 cm³/mol. The maximum absolute atomic E-state index is 12.5. The monoisotopic (exact) mass is 348 g/mol. The molecule has 1 saturated heterocycles. The lowest BCUT2D eigenvalue weighted by Crippen LogP contribution is -2.31. The molecular formula is C16H17ClN4O3. The minimum absolute atomic E-state index is 0.000201. The number of H-pyrrole nitrogens is 1. The van der Waals surface area contributed by atoms with Crippen molar-refractivity contribution in [2.45, 2.75) is 26.4 Å². The van der Waals surface area contributed by atoms with Crippen LogP contribution in [0.1, 0.15) is 28.3 Å². The Morgan fingerprint density at radius 2 is 2.17 bits per heavy atom. The minimum atomic E-state index is -0.412. The number of rotatable bonds is 3. The molecule has 1 N–H and O–H groups in total. The van der Waals surface area contributed by atoms with Crippen LogP contribution in [0.4, 0.5) is 0 Å². The van der Waals surface area contributed by atoms with Crippen molar-refractivity contribution in [1.29, 1.82) is 0 Å². The quantitative estimate of drug-likeness (QED) is 0.912. The molecule has 1 fully saturated rings. The molecule has 1 atom stereocenters. The molecule has 0 radical (unpaired) electrons. The van der Waals surface area contributed by atoms with Crippen LogP contribution in [0.3, 0.4) is 0 Å². The molecule has 126 valence electrons. The first kappa shape index (κ1) is 16.4. The van der Waals surface area contributed by atoms with Crippen LogP contribution in [-0.4, -0.2) is 45.0 Å². The van der Waals surface area contributed by atoms with E-state index in [4.69, 9.17) is 16.3 Å². The SMILES string of the molecule is Cc1cc(OC2CCN(C(=O)c3c[nH]c(=O)c(Cl)c3)C2)nc(C)n1. The Morgan fingerprint density at radius 3 is 2.88 bits per heavy atom. The van der Waals surface area contributed by atoms with E-state index >= 15 is 0 Å². The number of nitrogens with one attached hydrogen (secondary N) is 1. The summed E-state index contributed by atoms with van der Waals surface area (Å²) in [5, 5.41) is -0.000201. The van der Waals surface area contributed by atoms with Crippen molar-refractivity contribution in [3.05, 3.63) is 50.8 Å². The summed E-state index contributed by atoms with van der Waals surface area (Å²) in [5.74, 6) is 0.986. The van der Waals surface area contributed by atoms with Crippen LogP contribution >= 0.6 is 11.6 Å². The van der Waals surface area contributed by atoms with Crippen LogP contribution in [0.2, 0.25) is 5.02 Å². The summed E-state index contributed by atoms with van der Waals surface area (Å²) < 4.78 is 5.87. The number of carbonyl (C=O) groups is 1. The second kappa shape index (κ2) is 6.60. The van der Waals surface area contributed by atoms with Gasteiger partial charge < -0.3 is 14.6 Å². The van der Waals surface area contributed by atoms with Crippen LogP contribution in [-0.2, 0) is 0 Å². The molecule has 2 aromatic heterocycles. The van der Waals surface area contributed by atoms with E-state index in [0.717, 1.165) is 5.69 Å². The molecule has 1 aliphatic heterocycles. The number of carbonyl (C=O) groups excluding carboxylic acids is 1. The lowest BCUT2D eigenvalue weighted by Gasteiger charge is -2.17. The molecule has 2 aromatic rings. The fraction of sp³-hybridized carbons (Fsp3) is 0.375. The van der Waals surface area contributed by atoms with Crippen molar-refractivity contribution in [1.82, 2.24) is 19.9 Å². The highest BCUT2D eigenvalue weighted by molar-refractivity contribution is 6.30. The van der Waals surface area contributed by atoms with Crippen LogP contribution < -0.4 is 10.3 Å². The lowest BCUT2D eigenvalue weighted by molar-refractivity contribution is 0.0770. The van der Waals surface area contributed by atoms with Crippen molar-refractivity contribution in [3.8, 4) is 5.88 Å². The van der Waals surface area contributed by atoms with E-state index in [-0.39, 0.29) is 17.0 Å². The molecule has 8 heteroatoms. The van der Waals surface area contributed by atoms with E-state index in [0.29, 0.717) is 36.8 Å². The van der Waals surface area contributed by atoms with E-state index in [1.807, 2.05) is 13.8 Å². The third kappa shape index (κ3) is 3.56. The molecule has 0 aliphatic carbocycles. The Morgan fingerprint density at radius 1 is 1.38 bits per heavy atom. The van der Waals surface area contributed by atoms with E-state index in [9.17, 15) is 9.59 Å². The molecule has 0 spiro atoms. The number of hydrogen-bond acceptors (Lipinski definition) is 5. The second-order valence-electron chi connectivity index (χ2n) is 5.74. The summed E-state index contributed by atoms with van der Waals surface area (Å²) in [6.07, 6.45) is 1.97. The maximum atomic E-state index is 12.5. The number of ether oxygens (including phenoxy) is 1. The number of amides is 1. The molecule has 1 unspecified atom stereocenters. The molecule has 24 heavy (non-hydrogen) atoms. The summed E-state index contributed by atoms with van der Waals surface area (Å²) in [7, 11) is 0. The maximum Gasteiger partial charge on any atom is 0.266 e. The first-order valence-electron chi connectivity index (χ1n) is 7.59. The summed E-state index contributed by atoms with van der Waals surface area (Å²) >= 11 is 5.78. The number of nitrogens with zero attached hydrogens (tertiary/aromatic N) is 3. The zero-order chi connectivity index (χ0) is 17.3. The third-order valence-electron chi connectivity index (χ3n) is 3.77. The molecule has 0 saturated carbocycles. The van der Waals surface area contributed by atoms with E-state index in [1.165, 1.54) is 12.3 Å². The van der Waals surface area contributed by atoms with E-state index in [2.05, 4.69) is 15.0 Å². The lowest BCUT2D eigenvalue weighted by atomic mass is 10.2. The van der Waals surface area contributed by atoms with Gasteiger partial charge in [0.1, 0.15) is 17.0 Å². The van der Waals surface area contributed by atoms with Gasteiger partial charge in [0, 0.05) is 30.9 Å². The fourth-order valence-corrected chi connectivity index (χ4v) is 2.86. The number of halogens is 1. The van der Waals surface area contributed by atoms with Gasteiger partial charge in [0.25, 0.3) is 11.5 Å². The summed E-state index contributed by atoms with van der Waals surface area (Å²) in [5.41, 5.74) is 0.783. The number of pyridine rings is 1. The van der Waals surface area contributed by atoms with Crippen LogP contribution in [0.5, 0.6) is 5.88 Å². The van der Waals surface area contributed by atoms with Gasteiger partial charge in [0.05, 0.1) is 12.1 Å². The molecular weight excluding hydrogens is 332 g/mol. The van der Waals surface area contributed by atoms with Crippen LogP contribution in [0.15, 0.2) is 23.1 Å². The van der Waals surface area contributed by atoms with Gasteiger partial charge in [-0.05, 0) is 19.9 Å². The van der Waals surface area contributed by atoms with Gasteiger partial charge in [0.2, 0.25) is 5.88 Å². The predicted octanol–water partition coefficient (Wildman–Crippen LogP) is 1.73. The third-order valence-corrected chi connectivity index (χ3v) is 4.05. The summed E-state index contributed by atoms with van der Waals surface area (Å²) in [6.45, 7) is 4.72. The Hall–Kier alpha value is -2.41. The van der Waals surface area contributed by atoms with Gasteiger partial charge in [-0.3, -0.25) is 9.59 Å². The van der Waals surface area contributed by atoms with Gasteiger partial charge in [-0.25, -0.2) is 4.98 Å². The number of hydrogen-bond donors (Lipinski definition) is 1. The zero-order valence-electron chi connectivity index (χ0n) is 13.4. The largest absolute Gasteiger partial charge is 0.472 e. The Labute approximate surface area is 143 Å². The average molecular weight is 349 g/mol. The number of aromatic amines is 1. The van der Waals surface area contributed by atoms with Gasteiger partial charge in [-0.15, -0.1) is 0 Å². The number of aryl methyl sites for hydroxylation is 2. The Kier molecular flexibility index (Phi) is 4.53. The van der Waals surface area contributed by atoms with Gasteiger partial charge in [-0.1, -0.05) is 11.6 Å². The zero-order valence-corrected chi connectivity index (χ0v) is 14.1. The number of aromatic nitrogens is 3. The highest BCUT2D eigenvalue weighted by Gasteiger charge is 2.29. The van der Waals surface area contributed by atoms with Gasteiger partial charge >= 0.3 is 0 Å². The standard InChI is InChI=1S/C16H17ClN4O3/c1-9-5-14(20-10(2)19-9)24-12-3-4-21(8-12)16(23)11-6-13(17)15(22)18-7-11/h5-7,12H,3-4,8H2,1-2H3,(H,18,22). The molecule has 0 aromatic carbocycles. The molecule has 7 nitrogen and oxygen atoms in total. The van der Waals surface area contributed by atoms with Gasteiger partial charge in [-0.2, -0.15) is 4.98 Å². The number of likely N-dealkylation sites (tertiary alicyclic amines) is 1. The van der Waals surface area contributed by atoms with E-state index < -0.39 is 5.56 Å². The molecule has 3 rings (SSSR count). The van der Waals surface area contributed by atoms with Crippen molar-refractivity contribution < 1.29 is 9.53 Å². The van der Waals surface area contributed by atoms with Gasteiger partial charge in [0.15, 0.2) is 0 Å². The van der Waals surface area contributed by atoms with Crippen LogP contribution in [0, 0.1) is 13.8 Å². The summed E-state index contributed by atoms with van der Waals surface area (Å²) in [4.78, 5) is 36.4. The van der Waals surface area contributed by atoms with E-state index in [1.54, 1.807) is 11.0 Å². The molecule has 0 bridgehead atoms. The smallest absolute Gasteiger partial charge is 0.266 e. The first-order chi connectivity index (χ1) is 11.4. The normalized spacial score (nSPS) is 17.1. The summed E-state index contributed by atoms with van der Waals surface area (Å²) in [6, 6.07) is 3.16. The first-order valence-corrected chi connectivity index (χ1v) is 7.96. The molecule has 1 aliphatic rings. The highest BCUT2D eigenvalue weighted by atomic mass is 35.5. The topological polar surface area (TPSA) is 88.2 Å². The molecule has 3 heterocycles. The molecule has 1 amide bonds. The Balaban J connectivity index is 1.67. The second-order valence-corrected chi connectivity index (χ2v) is 6.15. The van der Waals surface area contributed by atoms with Crippen molar-refractivity contribution in [2.24, 2.45) is 0 Å². The minimum Gasteiger partial charge on any atom is -0.472 e. The van der Waals surface area contributed by atoms with Crippen molar-refractivity contribution in [2.75, 3.05) is 13.1 Å². The average Bonchev–Trinajstić information content (AvgIpc) is 2.96. The van der Waals surface area contributed by atoms with Crippen LogP contribution in [0.25, 0.3) is 0 Å². The Bertz CT molecular complexity index is 816. The van der Waals surface area contributed by atoms with Crippen molar-refractivity contribution >= 4 is 17.5 Å². The van der Waals surface area contributed by atoms with Crippen molar-refractivity contribution in [3.63, 3.8) is 0 Å².